The molecule has 1 N–H and O–H groups in total. The highest BCUT2D eigenvalue weighted by atomic mass is 32.2. The van der Waals surface area contributed by atoms with Crippen LogP contribution in [0.1, 0.15) is 48.1 Å². The molecule has 0 unspecified atom stereocenters. The fourth-order valence-corrected chi connectivity index (χ4v) is 4.94. The monoisotopic (exact) mass is 506 g/mol. The molecule has 0 radical (unpaired) electrons. The molecule has 0 fully saturated rings. The zero-order chi connectivity index (χ0) is 26.0. The largest absolute Gasteiger partial charge is 0.448 e. The number of sulfonamides is 1. The van der Waals surface area contributed by atoms with E-state index in [2.05, 4.69) is 23.4 Å². The van der Waals surface area contributed by atoms with Crippen molar-refractivity contribution in [2.75, 3.05) is 6.61 Å². The van der Waals surface area contributed by atoms with Gasteiger partial charge in [-0.05, 0) is 56.7 Å². The van der Waals surface area contributed by atoms with Crippen molar-refractivity contribution in [1.82, 2.24) is 19.3 Å². The van der Waals surface area contributed by atoms with Crippen molar-refractivity contribution in [3.05, 3.63) is 82.9 Å². The van der Waals surface area contributed by atoms with E-state index in [0.29, 0.717) is 6.42 Å². The lowest BCUT2D eigenvalue weighted by molar-refractivity contribution is 0.154. The topological polar surface area (TPSA) is 103 Å². The molecule has 4 rings (SSSR count). The third-order valence-electron chi connectivity index (χ3n) is 5.86. The number of hydrogen-bond donors (Lipinski definition) is 1. The molecule has 0 bridgehead atoms. The van der Waals surface area contributed by atoms with Crippen LogP contribution in [0.25, 0.3) is 16.7 Å². The van der Waals surface area contributed by atoms with Gasteiger partial charge in [0.25, 0.3) is 10.0 Å². The number of aryl methyl sites for hydroxylation is 3. The highest BCUT2D eigenvalue weighted by molar-refractivity contribution is 7.90. The van der Waals surface area contributed by atoms with Gasteiger partial charge in [-0.25, -0.2) is 22.9 Å². The molecule has 2 aromatic carbocycles. The van der Waals surface area contributed by atoms with Gasteiger partial charge >= 0.3 is 6.09 Å². The maximum absolute atomic E-state index is 12.3. The van der Waals surface area contributed by atoms with E-state index in [9.17, 15) is 13.2 Å². The normalized spacial score (nSPS) is 11.7. The van der Waals surface area contributed by atoms with Crippen molar-refractivity contribution in [3.8, 4) is 5.69 Å². The standard InChI is InChI=1S/C27H30N4O4S/c1-17(2)26-29-25-20(5)28-19(4)16-24(25)31(26)22-10-8-21(9-11-22)14-15-35-27(32)30-36(33,34)23-12-6-18(3)7-13-23/h6-13,16-17H,14-15H2,1-5H3,(H,30,32). The molecule has 2 heterocycles. The van der Waals surface area contributed by atoms with Gasteiger partial charge in [0, 0.05) is 23.7 Å². The molecule has 8 nitrogen and oxygen atoms in total. The average molecular weight is 507 g/mol. The van der Waals surface area contributed by atoms with Gasteiger partial charge < -0.3 is 4.74 Å². The van der Waals surface area contributed by atoms with Crippen LogP contribution in [-0.2, 0) is 21.2 Å². The summed E-state index contributed by atoms with van der Waals surface area (Å²) in [5, 5.41) is 0. The number of benzene rings is 2. The van der Waals surface area contributed by atoms with Gasteiger partial charge in [-0.2, -0.15) is 0 Å². The van der Waals surface area contributed by atoms with Gasteiger partial charge in [-0.1, -0.05) is 43.7 Å². The SMILES string of the molecule is Cc1ccc(S(=O)(=O)NC(=O)OCCc2ccc(-n3c(C(C)C)nc4c(C)nc(C)cc43)cc2)cc1. The molecule has 0 saturated carbocycles. The Labute approximate surface area is 211 Å². The van der Waals surface area contributed by atoms with Crippen LogP contribution in [0.15, 0.2) is 59.5 Å². The number of amides is 1. The first-order valence-corrected chi connectivity index (χ1v) is 13.3. The van der Waals surface area contributed by atoms with Crippen LogP contribution in [0.5, 0.6) is 0 Å². The number of fused-ring (bicyclic) bond motifs is 1. The zero-order valence-corrected chi connectivity index (χ0v) is 21.9. The maximum atomic E-state index is 12.3. The summed E-state index contributed by atoms with van der Waals surface area (Å²) in [4.78, 5) is 21.5. The molecule has 9 heteroatoms. The van der Waals surface area contributed by atoms with E-state index < -0.39 is 16.1 Å². The van der Waals surface area contributed by atoms with Gasteiger partial charge in [0.05, 0.1) is 22.7 Å². The Bertz CT molecular complexity index is 1510. The second-order valence-electron chi connectivity index (χ2n) is 9.15. The average Bonchev–Trinajstić information content (AvgIpc) is 3.19. The van der Waals surface area contributed by atoms with E-state index in [4.69, 9.17) is 9.72 Å². The van der Waals surface area contributed by atoms with Gasteiger partial charge in [-0.3, -0.25) is 9.55 Å². The number of hydrogen-bond acceptors (Lipinski definition) is 6. The van der Waals surface area contributed by atoms with Gasteiger partial charge in [-0.15, -0.1) is 0 Å². The Morgan fingerprint density at radius 2 is 1.67 bits per heavy atom. The van der Waals surface area contributed by atoms with E-state index >= 15 is 0 Å². The molecule has 0 spiro atoms. The number of aromatic nitrogens is 3. The highest BCUT2D eigenvalue weighted by Crippen LogP contribution is 2.28. The Hall–Kier alpha value is -3.72. The van der Waals surface area contributed by atoms with Crippen LogP contribution in [0, 0.1) is 20.8 Å². The first kappa shape index (κ1) is 25.4. The predicted molar refractivity (Wildman–Crippen MR) is 139 cm³/mol. The van der Waals surface area contributed by atoms with Crippen LogP contribution in [0.2, 0.25) is 0 Å². The molecule has 0 aliphatic carbocycles. The van der Waals surface area contributed by atoms with Crippen molar-refractivity contribution in [2.24, 2.45) is 0 Å². The third-order valence-corrected chi connectivity index (χ3v) is 7.18. The lowest BCUT2D eigenvalue weighted by Gasteiger charge is -2.13. The fraction of sp³-hybridized carbons (Fsp3) is 0.296. The van der Waals surface area contributed by atoms with Crippen LogP contribution in [0.3, 0.4) is 0 Å². The minimum absolute atomic E-state index is 0.00889. The number of pyridine rings is 1. The smallest absolute Gasteiger partial charge is 0.421 e. The molecule has 0 atom stereocenters. The Kier molecular flexibility index (Phi) is 7.12. The van der Waals surface area contributed by atoms with Crippen molar-refractivity contribution < 1.29 is 17.9 Å². The fourth-order valence-electron chi connectivity index (χ4n) is 4.05. The Morgan fingerprint density at radius 1 is 1.00 bits per heavy atom. The molecule has 36 heavy (non-hydrogen) atoms. The number of rotatable bonds is 7. The lowest BCUT2D eigenvalue weighted by Crippen LogP contribution is -2.31. The summed E-state index contributed by atoms with van der Waals surface area (Å²) in [6.07, 6.45) is -0.555. The van der Waals surface area contributed by atoms with E-state index in [1.807, 2.05) is 55.8 Å². The van der Waals surface area contributed by atoms with E-state index in [1.165, 1.54) is 12.1 Å². The number of nitrogens with one attached hydrogen (secondary N) is 1. The summed E-state index contributed by atoms with van der Waals surface area (Å²) in [6.45, 7) is 10.1. The minimum Gasteiger partial charge on any atom is -0.448 e. The summed E-state index contributed by atoms with van der Waals surface area (Å²) >= 11 is 0. The number of carbonyl (C=O) groups excluding carboxylic acids is 1. The molecule has 0 aliphatic rings. The van der Waals surface area contributed by atoms with Gasteiger partial charge in [0.15, 0.2) is 0 Å². The van der Waals surface area contributed by atoms with Crippen molar-refractivity contribution in [2.45, 2.75) is 51.9 Å². The second-order valence-corrected chi connectivity index (χ2v) is 10.8. The van der Waals surface area contributed by atoms with Crippen LogP contribution >= 0.6 is 0 Å². The molecular weight excluding hydrogens is 476 g/mol. The van der Waals surface area contributed by atoms with Crippen LogP contribution in [0.4, 0.5) is 4.79 Å². The molecular formula is C27H30N4O4S. The van der Waals surface area contributed by atoms with Crippen molar-refractivity contribution >= 4 is 27.1 Å². The quantitative estimate of drug-likeness (QED) is 0.373. The molecule has 2 aromatic heterocycles. The molecule has 188 valence electrons. The van der Waals surface area contributed by atoms with E-state index in [1.54, 1.807) is 12.1 Å². The molecule has 4 aromatic rings. The highest BCUT2D eigenvalue weighted by Gasteiger charge is 2.19. The Balaban J connectivity index is 1.43. The number of imidazole rings is 1. The first-order chi connectivity index (χ1) is 17.0. The molecule has 1 amide bonds. The summed E-state index contributed by atoms with van der Waals surface area (Å²) in [5.74, 6) is 1.18. The Morgan fingerprint density at radius 3 is 2.31 bits per heavy atom. The summed E-state index contributed by atoms with van der Waals surface area (Å²) < 4.78 is 33.9. The van der Waals surface area contributed by atoms with Crippen LogP contribution < -0.4 is 4.72 Å². The van der Waals surface area contributed by atoms with Crippen LogP contribution in [-0.4, -0.2) is 35.7 Å². The first-order valence-electron chi connectivity index (χ1n) is 11.8. The zero-order valence-electron chi connectivity index (χ0n) is 21.1. The number of carbonyl (C=O) groups is 1. The number of ether oxygens (including phenoxy) is 1. The van der Waals surface area contributed by atoms with Crippen molar-refractivity contribution in [1.29, 1.82) is 0 Å². The molecule has 0 saturated heterocycles. The summed E-state index contributed by atoms with van der Waals surface area (Å²) in [6, 6.07) is 16.2. The van der Waals surface area contributed by atoms with Gasteiger partial charge in [0.2, 0.25) is 0 Å². The van der Waals surface area contributed by atoms with E-state index in [0.717, 1.165) is 45.1 Å². The maximum Gasteiger partial charge on any atom is 0.421 e. The van der Waals surface area contributed by atoms with Crippen molar-refractivity contribution in [3.63, 3.8) is 0 Å². The summed E-state index contributed by atoms with van der Waals surface area (Å²) in [7, 11) is -3.98. The third kappa shape index (κ3) is 5.41. The van der Waals surface area contributed by atoms with E-state index in [-0.39, 0.29) is 17.4 Å². The minimum atomic E-state index is -3.98. The second kappa shape index (κ2) is 10.1. The predicted octanol–water partition coefficient (Wildman–Crippen LogP) is 5.13. The lowest BCUT2D eigenvalue weighted by atomic mass is 10.1. The van der Waals surface area contributed by atoms with Gasteiger partial charge in [0.1, 0.15) is 11.3 Å². The molecule has 0 aliphatic heterocycles. The number of nitrogens with zero attached hydrogens (tertiary/aromatic N) is 3. The summed E-state index contributed by atoms with van der Waals surface area (Å²) in [5.41, 5.74) is 6.62.